The number of nitrogens with one attached hydrogen (secondary N) is 1. The van der Waals surface area contributed by atoms with Crippen molar-refractivity contribution >= 4 is 29.0 Å². The van der Waals surface area contributed by atoms with E-state index in [-0.39, 0.29) is 5.91 Å². The van der Waals surface area contributed by atoms with Gasteiger partial charge in [0.1, 0.15) is 5.75 Å². The predicted octanol–water partition coefficient (Wildman–Crippen LogP) is 3.68. The topological polar surface area (TPSA) is 51.2 Å². The lowest BCUT2D eigenvalue weighted by Gasteiger charge is -2.05. The fourth-order valence-electron chi connectivity index (χ4n) is 1.75. The Kier molecular flexibility index (Phi) is 6.27. The Hall–Kier alpha value is -1.53. The molecule has 22 heavy (non-hydrogen) atoms. The van der Waals surface area contributed by atoms with E-state index in [0.29, 0.717) is 18.2 Å². The van der Waals surface area contributed by atoms with Crippen LogP contribution < -0.4 is 10.1 Å². The zero-order valence-electron chi connectivity index (χ0n) is 13.0. The third kappa shape index (κ3) is 5.03. The van der Waals surface area contributed by atoms with Crippen LogP contribution in [0, 0.1) is 0 Å². The smallest absolute Gasteiger partial charge is 0.230 e. The molecule has 4 nitrogen and oxygen atoms in total. The lowest BCUT2D eigenvalue weighted by molar-refractivity contribution is -0.118. The number of methoxy groups -OCH3 is 1. The first-order chi connectivity index (χ1) is 10.6. The molecule has 6 heteroatoms. The average Bonchev–Trinajstić information content (AvgIpc) is 3.00. The third-order valence-corrected chi connectivity index (χ3v) is 5.13. The van der Waals surface area contributed by atoms with Crippen molar-refractivity contribution < 1.29 is 9.53 Å². The zero-order valence-corrected chi connectivity index (χ0v) is 14.6. The highest BCUT2D eigenvalue weighted by Crippen LogP contribution is 2.22. The molecule has 2 rings (SSSR count). The van der Waals surface area contributed by atoms with Crippen molar-refractivity contribution in [1.29, 1.82) is 0 Å². The highest BCUT2D eigenvalue weighted by atomic mass is 32.2. The molecule has 1 N–H and O–H groups in total. The summed E-state index contributed by atoms with van der Waals surface area (Å²) in [5, 5.41) is 6.01. The number of hydrogen-bond acceptors (Lipinski definition) is 5. The number of benzene rings is 1. The number of nitrogens with zero attached hydrogens (tertiary/aromatic N) is 1. The van der Waals surface area contributed by atoms with Crippen molar-refractivity contribution in [2.45, 2.75) is 31.2 Å². The number of hydrogen-bond donors (Lipinski definition) is 1. The fraction of sp³-hybridized carbons (Fsp3) is 0.375. The first kappa shape index (κ1) is 16.8. The molecule has 0 fully saturated rings. The van der Waals surface area contributed by atoms with Crippen molar-refractivity contribution in [3.8, 4) is 5.75 Å². The van der Waals surface area contributed by atoms with E-state index in [1.165, 1.54) is 11.8 Å². The Morgan fingerprint density at radius 3 is 2.95 bits per heavy atom. The monoisotopic (exact) mass is 336 g/mol. The van der Waals surface area contributed by atoms with Gasteiger partial charge in [-0.1, -0.05) is 19.9 Å². The summed E-state index contributed by atoms with van der Waals surface area (Å²) in [6, 6.07) is 7.70. The third-order valence-electron chi connectivity index (χ3n) is 2.94. The van der Waals surface area contributed by atoms with Gasteiger partial charge in [0.15, 0.2) is 0 Å². The normalized spacial score (nSPS) is 10.7. The lowest BCUT2D eigenvalue weighted by atomic mass is 10.2. The number of carbonyl (C=O) groups is 1. The second kappa shape index (κ2) is 8.19. The summed E-state index contributed by atoms with van der Waals surface area (Å²) < 4.78 is 5.17. The van der Waals surface area contributed by atoms with Crippen molar-refractivity contribution in [2.24, 2.45) is 0 Å². The van der Waals surface area contributed by atoms with Crippen molar-refractivity contribution in [2.75, 3.05) is 12.9 Å². The number of amides is 1. The van der Waals surface area contributed by atoms with Crippen LogP contribution in [0.3, 0.4) is 0 Å². The summed E-state index contributed by atoms with van der Waals surface area (Å²) in [5.41, 5.74) is 0.924. The molecule has 1 amide bonds. The van der Waals surface area contributed by atoms with E-state index < -0.39 is 0 Å². The molecule has 0 saturated carbocycles. The van der Waals surface area contributed by atoms with Gasteiger partial charge in [-0.25, -0.2) is 4.98 Å². The summed E-state index contributed by atoms with van der Waals surface area (Å²) in [4.78, 5) is 17.4. The van der Waals surface area contributed by atoms with E-state index >= 15 is 0 Å². The first-order valence-corrected chi connectivity index (χ1v) is 8.93. The molecular weight excluding hydrogens is 316 g/mol. The van der Waals surface area contributed by atoms with Crippen LogP contribution in [0.1, 0.15) is 30.5 Å². The van der Waals surface area contributed by atoms with Crippen LogP contribution in [0.25, 0.3) is 0 Å². The molecule has 0 saturated heterocycles. The molecule has 0 radical (unpaired) electrons. The molecule has 0 unspecified atom stereocenters. The number of carbonyl (C=O) groups excluding carboxylic acids is 1. The summed E-state index contributed by atoms with van der Waals surface area (Å²) in [7, 11) is 1.63. The number of aromatic nitrogens is 1. The van der Waals surface area contributed by atoms with E-state index in [4.69, 9.17) is 4.74 Å². The van der Waals surface area contributed by atoms with Crippen LogP contribution in [0.15, 0.2) is 34.5 Å². The molecule has 0 aliphatic carbocycles. The van der Waals surface area contributed by atoms with Crippen LogP contribution in [0.5, 0.6) is 5.75 Å². The van der Waals surface area contributed by atoms with E-state index in [1.807, 2.05) is 29.6 Å². The minimum atomic E-state index is 0.00640. The van der Waals surface area contributed by atoms with Crippen molar-refractivity contribution in [3.63, 3.8) is 0 Å². The Bertz CT molecular complexity index is 626. The average molecular weight is 336 g/mol. The van der Waals surface area contributed by atoms with E-state index in [2.05, 4.69) is 24.1 Å². The van der Waals surface area contributed by atoms with Gasteiger partial charge >= 0.3 is 0 Å². The molecule has 1 heterocycles. The number of rotatable bonds is 7. The molecule has 0 aliphatic heterocycles. The Morgan fingerprint density at radius 2 is 2.27 bits per heavy atom. The van der Waals surface area contributed by atoms with Crippen LogP contribution in [-0.4, -0.2) is 23.8 Å². The summed E-state index contributed by atoms with van der Waals surface area (Å²) >= 11 is 3.14. The Balaban J connectivity index is 1.77. The molecular formula is C16H20N2O2S2. The molecule has 2 aromatic rings. The minimum Gasteiger partial charge on any atom is -0.497 e. The van der Waals surface area contributed by atoms with Crippen molar-refractivity contribution in [1.82, 2.24) is 10.3 Å². The van der Waals surface area contributed by atoms with Gasteiger partial charge in [0.2, 0.25) is 5.91 Å². The molecule has 0 aliphatic rings. The van der Waals surface area contributed by atoms with Crippen LogP contribution in [0.4, 0.5) is 0 Å². The summed E-state index contributed by atoms with van der Waals surface area (Å²) in [6.07, 6.45) is 0. The molecule has 0 spiro atoms. The van der Waals surface area contributed by atoms with Gasteiger partial charge in [0.25, 0.3) is 0 Å². The highest BCUT2D eigenvalue weighted by molar-refractivity contribution is 8.00. The SMILES string of the molecule is COc1cccc(SCC(=O)NCc2csc(C(C)C)n2)c1. The fourth-order valence-corrected chi connectivity index (χ4v) is 3.36. The second-order valence-electron chi connectivity index (χ2n) is 5.08. The number of thiazole rings is 1. The van der Waals surface area contributed by atoms with Gasteiger partial charge in [-0.3, -0.25) is 4.79 Å². The van der Waals surface area contributed by atoms with Gasteiger partial charge in [-0.15, -0.1) is 23.1 Å². The van der Waals surface area contributed by atoms with E-state index in [0.717, 1.165) is 21.3 Å². The number of thioether (sulfide) groups is 1. The maximum absolute atomic E-state index is 11.9. The summed E-state index contributed by atoms with van der Waals surface area (Å²) in [5.74, 6) is 1.62. The number of ether oxygens (including phenoxy) is 1. The molecule has 0 bridgehead atoms. The predicted molar refractivity (Wildman–Crippen MR) is 91.8 cm³/mol. The Labute approximate surface area is 139 Å². The zero-order chi connectivity index (χ0) is 15.9. The van der Waals surface area contributed by atoms with Gasteiger partial charge in [-0.2, -0.15) is 0 Å². The molecule has 1 aromatic carbocycles. The van der Waals surface area contributed by atoms with Crippen molar-refractivity contribution in [3.05, 3.63) is 40.3 Å². The van der Waals surface area contributed by atoms with Crippen LogP contribution >= 0.6 is 23.1 Å². The molecule has 118 valence electrons. The van der Waals surface area contributed by atoms with E-state index in [1.54, 1.807) is 18.4 Å². The highest BCUT2D eigenvalue weighted by Gasteiger charge is 2.08. The van der Waals surface area contributed by atoms with Gasteiger partial charge < -0.3 is 10.1 Å². The van der Waals surface area contributed by atoms with Crippen LogP contribution in [0.2, 0.25) is 0 Å². The van der Waals surface area contributed by atoms with E-state index in [9.17, 15) is 4.79 Å². The maximum atomic E-state index is 11.9. The Morgan fingerprint density at radius 1 is 1.45 bits per heavy atom. The standard InChI is InChI=1S/C16H20N2O2S2/c1-11(2)16-18-12(9-22-16)8-17-15(19)10-21-14-6-4-5-13(7-14)20-3/h4-7,9,11H,8,10H2,1-3H3,(H,17,19). The second-order valence-corrected chi connectivity index (χ2v) is 7.01. The van der Waals surface area contributed by atoms with Gasteiger partial charge in [0, 0.05) is 16.2 Å². The maximum Gasteiger partial charge on any atom is 0.230 e. The summed E-state index contributed by atoms with van der Waals surface area (Å²) in [6.45, 7) is 4.72. The van der Waals surface area contributed by atoms with Crippen LogP contribution in [-0.2, 0) is 11.3 Å². The van der Waals surface area contributed by atoms with Gasteiger partial charge in [-0.05, 0) is 18.2 Å². The van der Waals surface area contributed by atoms with Gasteiger partial charge in [0.05, 0.1) is 30.1 Å². The lowest BCUT2D eigenvalue weighted by Crippen LogP contribution is -2.24. The first-order valence-electron chi connectivity index (χ1n) is 7.06. The largest absolute Gasteiger partial charge is 0.497 e. The molecule has 0 atom stereocenters. The molecule has 1 aromatic heterocycles. The minimum absolute atomic E-state index is 0.00640. The quantitative estimate of drug-likeness (QED) is 0.784.